The third-order valence-electron chi connectivity index (χ3n) is 1.99. The molecule has 1 aromatic carbocycles. The number of alkyl halides is 2. The van der Waals surface area contributed by atoms with E-state index in [9.17, 15) is 8.78 Å². The number of aryl methyl sites for hydroxylation is 1. The predicted molar refractivity (Wildman–Crippen MR) is 56.2 cm³/mol. The molecule has 1 unspecified atom stereocenters. The van der Waals surface area contributed by atoms with Crippen molar-refractivity contribution in [3.63, 3.8) is 0 Å². The van der Waals surface area contributed by atoms with Gasteiger partial charge in [0.25, 0.3) is 0 Å². The first-order valence-electron chi connectivity index (χ1n) is 4.92. The van der Waals surface area contributed by atoms with E-state index in [-0.39, 0.29) is 12.5 Å². The first-order valence-corrected chi connectivity index (χ1v) is 4.92. The van der Waals surface area contributed by atoms with Crippen LogP contribution in [0.25, 0.3) is 0 Å². The minimum atomic E-state index is -2.30. The highest BCUT2D eigenvalue weighted by Gasteiger charge is 2.09. The van der Waals surface area contributed by atoms with Crippen LogP contribution in [0.3, 0.4) is 0 Å². The zero-order chi connectivity index (χ0) is 11.3. The molecule has 0 aliphatic carbocycles. The number of hydrogen-bond acceptors (Lipinski definition) is 1. The van der Waals surface area contributed by atoms with Gasteiger partial charge in [-0.05, 0) is 26.0 Å². The minimum Gasteiger partial charge on any atom is -0.490 e. The Morgan fingerprint density at radius 2 is 1.87 bits per heavy atom. The van der Waals surface area contributed by atoms with Gasteiger partial charge in [0, 0.05) is 12.8 Å². The maximum atomic E-state index is 11.9. The molecule has 0 heterocycles. The third-order valence-corrected chi connectivity index (χ3v) is 1.99. The number of ether oxygens (including phenoxy) is 1. The standard InChI is InChI=1S/C12H15F2O/c1-9-3-6-11(7-4-9)15-10(2)5-8-12(13)14/h3-7,10,12H,8H2,1-2H3. The Morgan fingerprint density at radius 1 is 1.27 bits per heavy atom. The second-order valence-electron chi connectivity index (χ2n) is 3.50. The molecule has 0 aliphatic rings. The van der Waals surface area contributed by atoms with Crippen LogP contribution >= 0.6 is 0 Å². The average Bonchev–Trinajstić information content (AvgIpc) is 2.19. The van der Waals surface area contributed by atoms with Crippen LogP contribution in [0.2, 0.25) is 0 Å². The Hall–Kier alpha value is -1.12. The van der Waals surface area contributed by atoms with E-state index in [1.54, 1.807) is 6.92 Å². The Kier molecular flexibility index (Phi) is 4.53. The molecule has 1 nitrogen and oxygen atoms in total. The van der Waals surface area contributed by atoms with Crippen molar-refractivity contribution in [2.75, 3.05) is 0 Å². The lowest BCUT2D eigenvalue weighted by Crippen LogP contribution is -2.13. The molecule has 0 saturated carbocycles. The van der Waals surface area contributed by atoms with Crippen molar-refractivity contribution in [1.29, 1.82) is 0 Å². The molecule has 0 aromatic heterocycles. The first-order chi connectivity index (χ1) is 7.08. The summed E-state index contributed by atoms with van der Waals surface area (Å²) in [6.45, 7) is 3.73. The fourth-order valence-corrected chi connectivity index (χ4v) is 1.17. The van der Waals surface area contributed by atoms with Gasteiger partial charge in [0.15, 0.2) is 0 Å². The molecule has 15 heavy (non-hydrogen) atoms. The van der Waals surface area contributed by atoms with Gasteiger partial charge >= 0.3 is 0 Å². The highest BCUT2D eigenvalue weighted by atomic mass is 19.3. The topological polar surface area (TPSA) is 9.23 Å². The van der Waals surface area contributed by atoms with Crippen molar-refractivity contribution >= 4 is 0 Å². The number of halogens is 2. The smallest absolute Gasteiger partial charge is 0.239 e. The summed E-state index contributed by atoms with van der Waals surface area (Å²) in [6, 6.07) is 7.52. The van der Waals surface area contributed by atoms with E-state index in [0.29, 0.717) is 5.75 Å². The molecule has 1 aromatic rings. The molecule has 1 atom stereocenters. The molecule has 0 amide bonds. The van der Waals surface area contributed by atoms with Gasteiger partial charge in [-0.2, -0.15) is 0 Å². The lowest BCUT2D eigenvalue weighted by Gasteiger charge is -2.14. The molecule has 0 aliphatic heterocycles. The molecular weight excluding hydrogens is 198 g/mol. The molecule has 3 heteroatoms. The zero-order valence-corrected chi connectivity index (χ0v) is 8.91. The van der Waals surface area contributed by atoms with Crippen LogP contribution in [0.5, 0.6) is 5.75 Å². The molecule has 0 N–H and O–H groups in total. The highest BCUT2D eigenvalue weighted by Crippen LogP contribution is 2.15. The first kappa shape index (κ1) is 12.0. The van der Waals surface area contributed by atoms with Crippen molar-refractivity contribution in [2.45, 2.75) is 32.8 Å². The van der Waals surface area contributed by atoms with Crippen molar-refractivity contribution in [3.8, 4) is 5.75 Å². The molecule has 0 saturated heterocycles. The Bertz CT molecular complexity index is 282. The van der Waals surface area contributed by atoms with Gasteiger partial charge in [-0.25, -0.2) is 8.78 Å². The number of rotatable bonds is 5. The third kappa shape index (κ3) is 4.77. The van der Waals surface area contributed by atoms with Crippen molar-refractivity contribution in [2.24, 2.45) is 0 Å². The minimum absolute atomic E-state index is 0.229. The maximum Gasteiger partial charge on any atom is 0.239 e. The van der Waals surface area contributed by atoms with Gasteiger partial charge in [0.05, 0.1) is 6.10 Å². The molecule has 1 rings (SSSR count). The van der Waals surface area contributed by atoms with Crippen LogP contribution in [0.15, 0.2) is 24.3 Å². The largest absolute Gasteiger partial charge is 0.490 e. The van der Waals surface area contributed by atoms with Crippen molar-refractivity contribution in [3.05, 3.63) is 36.2 Å². The van der Waals surface area contributed by atoms with E-state index in [0.717, 1.165) is 5.56 Å². The van der Waals surface area contributed by atoms with E-state index in [1.807, 2.05) is 31.2 Å². The van der Waals surface area contributed by atoms with Crippen LogP contribution in [0, 0.1) is 13.3 Å². The van der Waals surface area contributed by atoms with E-state index in [4.69, 9.17) is 4.74 Å². The van der Waals surface area contributed by atoms with Gasteiger partial charge in [-0.3, -0.25) is 0 Å². The molecule has 0 spiro atoms. The van der Waals surface area contributed by atoms with Gasteiger partial charge in [-0.15, -0.1) is 0 Å². The molecule has 1 radical (unpaired) electrons. The highest BCUT2D eigenvalue weighted by molar-refractivity contribution is 5.26. The monoisotopic (exact) mass is 213 g/mol. The Balaban J connectivity index is 2.37. The van der Waals surface area contributed by atoms with Crippen LogP contribution in [-0.4, -0.2) is 12.5 Å². The van der Waals surface area contributed by atoms with Crippen LogP contribution in [-0.2, 0) is 0 Å². The SMILES string of the molecule is Cc1ccc(OC(C)[CH]CC(F)F)cc1. The Morgan fingerprint density at radius 3 is 2.40 bits per heavy atom. The van der Waals surface area contributed by atoms with Gasteiger partial charge in [-0.1, -0.05) is 17.7 Å². The summed E-state index contributed by atoms with van der Waals surface area (Å²) in [4.78, 5) is 0. The lowest BCUT2D eigenvalue weighted by atomic mass is 10.2. The van der Waals surface area contributed by atoms with Gasteiger partial charge < -0.3 is 4.74 Å². The van der Waals surface area contributed by atoms with Crippen LogP contribution < -0.4 is 4.74 Å². The second kappa shape index (κ2) is 5.69. The number of benzene rings is 1. The van der Waals surface area contributed by atoms with E-state index >= 15 is 0 Å². The second-order valence-corrected chi connectivity index (χ2v) is 3.50. The summed E-state index contributed by atoms with van der Waals surface area (Å²) in [7, 11) is 0. The fourth-order valence-electron chi connectivity index (χ4n) is 1.17. The van der Waals surface area contributed by atoms with Gasteiger partial charge in [0.2, 0.25) is 6.43 Å². The zero-order valence-electron chi connectivity index (χ0n) is 8.91. The molecule has 0 fully saturated rings. The molecule has 83 valence electrons. The summed E-state index contributed by atoms with van der Waals surface area (Å²) in [5.74, 6) is 0.707. The van der Waals surface area contributed by atoms with Crippen molar-refractivity contribution < 1.29 is 13.5 Å². The van der Waals surface area contributed by atoms with Gasteiger partial charge in [0.1, 0.15) is 5.75 Å². The van der Waals surface area contributed by atoms with Crippen LogP contribution in [0.1, 0.15) is 18.9 Å². The summed E-state index contributed by atoms with van der Waals surface area (Å²) in [6.07, 6.45) is -1.34. The summed E-state index contributed by atoms with van der Waals surface area (Å²) in [5.41, 5.74) is 1.14. The summed E-state index contributed by atoms with van der Waals surface area (Å²) < 4.78 is 29.2. The maximum absolute atomic E-state index is 11.9. The predicted octanol–water partition coefficient (Wildman–Crippen LogP) is 3.62. The van der Waals surface area contributed by atoms with E-state index in [1.165, 1.54) is 6.42 Å². The summed E-state index contributed by atoms with van der Waals surface area (Å²) >= 11 is 0. The van der Waals surface area contributed by atoms with Crippen molar-refractivity contribution in [1.82, 2.24) is 0 Å². The van der Waals surface area contributed by atoms with E-state index < -0.39 is 6.43 Å². The average molecular weight is 213 g/mol. The lowest BCUT2D eigenvalue weighted by molar-refractivity contribution is 0.135. The molecule has 0 bridgehead atoms. The summed E-state index contributed by atoms with van der Waals surface area (Å²) in [5, 5.41) is 0. The normalized spacial score (nSPS) is 12.9. The quantitative estimate of drug-likeness (QED) is 0.725. The Labute approximate surface area is 89.1 Å². The fraction of sp³-hybridized carbons (Fsp3) is 0.417. The van der Waals surface area contributed by atoms with E-state index in [2.05, 4.69) is 0 Å². The van der Waals surface area contributed by atoms with Crippen LogP contribution in [0.4, 0.5) is 8.78 Å². The number of hydrogen-bond donors (Lipinski definition) is 0. The molecular formula is C12H15F2O.